The fraction of sp³-hybridized carbons (Fsp3) is 0.875. The molecule has 2 heteroatoms. The maximum Gasteiger partial charge on any atom is -0.00773 e. The number of unbranched alkanes of at least 4 members (excludes halogenated alkanes) is 12. The van der Waals surface area contributed by atoms with Crippen LogP contribution < -0.4 is 5.73 Å². The molecule has 2 N–H and O–H groups in total. The van der Waals surface area contributed by atoms with Crippen LogP contribution >= 0.6 is 12.4 Å². The molecule has 0 saturated heterocycles. The van der Waals surface area contributed by atoms with Gasteiger partial charge >= 0.3 is 0 Å². The summed E-state index contributed by atoms with van der Waals surface area (Å²) >= 11 is 0. The first-order valence-corrected chi connectivity index (χ1v) is 7.72. The number of hydrogen-bond acceptors (Lipinski definition) is 1. The molecule has 0 fully saturated rings. The van der Waals surface area contributed by atoms with E-state index >= 15 is 0 Å². The van der Waals surface area contributed by atoms with Crippen LogP contribution in [0.4, 0.5) is 0 Å². The van der Waals surface area contributed by atoms with Crippen molar-refractivity contribution in [1.82, 2.24) is 0 Å². The molecule has 0 aliphatic carbocycles. The van der Waals surface area contributed by atoms with Gasteiger partial charge in [0.05, 0.1) is 0 Å². The lowest BCUT2D eigenvalue weighted by Gasteiger charge is -2.02. The first kappa shape index (κ1) is 20.3. The molecule has 18 heavy (non-hydrogen) atoms. The van der Waals surface area contributed by atoms with Gasteiger partial charge in [0.25, 0.3) is 0 Å². The molecule has 0 heterocycles. The Labute approximate surface area is 121 Å². The summed E-state index contributed by atoms with van der Waals surface area (Å²) in [5, 5.41) is 0. The van der Waals surface area contributed by atoms with Gasteiger partial charge in [-0.05, 0) is 25.8 Å². The van der Waals surface area contributed by atoms with Crippen molar-refractivity contribution in [3.63, 3.8) is 0 Å². The van der Waals surface area contributed by atoms with E-state index in [-0.39, 0.29) is 12.4 Å². The van der Waals surface area contributed by atoms with Crippen molar-refractivity contribution in [2.24, 2.45) is 5.73 Å². The van der Waals surface area contributed by atoms with Crippen LogP contribution in [0, 0.1) is 0 Å². The summed E-state index contributed by atoms with van der Waals surface area (Å²) in [6.07, 6.45) is 19.9. The quantitative estimate of drug-likeness (QED) is 0.323. The van der Waals surface area contributed by atoms with Crippen LogP contribution in [0.2, 0.25) is 0 Å². The Morgan fingerprint density at radius 2 is 0.944 bits per heavy atom. The van der Waals surface area contributed by atoms with Gasteiger partial charge in [0.1, 0.15) is 0 Å². The van der Waals surface area contributed by atoms with Gasteiger partial charge < -0.3 is 5.73 Å². The number of halogens is 1. The van der Waals surface area contributed by atoms with E-state index in [9.17, 15) is 0 Å². The average molecular weight is 276 g/mol. The zero-order valence-corrected chi connectivity index (χ0v) is 13.0. The Hall–Kier alpha value is -0.0100. The summed E-state index contributed by atoms with van der Waals surface area (Å²) in [4.78, 5) is 0. The van der Waals surface area contributed by atoms with Gasteiger partial charge in [-0.15, -0.1) is 19.0 Å². The van der Waals surface area contributed by atoms with E-state index in [2.05, 4.69) is 6.58 Å². The lowest BCUT2D eigenvalue weighted by atomic mass is 10.0. The minimum absolute atomic E-state index is 0. The number of rotatable bonds is 14. The van der Waals surface area contributed by atoms with Gasteiger partial charge in [-0.2, -0.15) is 0 Å². The van der Waals surface area contributed by atoms with Crippen molar-refractivity contribution in [3.05, 3.63) is 12.7 Å². The van der Waals surface area contributed by atoms with Crippen molar-refractivity contribution >= 4 is 12.4 Å². The Bertz CT molecular complexity index is 148. The molecule has 0 aromatic rings. The zero-order valence-electron chi connectivity index (χ0n) is 12.2. The maximum absolute atomic E-state index is 5.46. The highest BCUT2D eigenvalue weighted by Gasteiger charge is 1.93. The highest BCUT2D eigenvalue weighted by Crippen LogP contribution is 2.12. The molecule has 110 valence electrons. The lowest BCUT2D eigenvalue weighted by Crippen LogP contribution is -1.97. The van der Waals surface area contributed by atoms with E-state index < -0.39 is 0 Å². The highest BCUT2D eigenvalue weighted by atomic mass is 35.5. The van der Waals surface area contributed by atoms with E-state index in [4.69, 9.17) is 5.73 Å². The monoisotopic (exact) mass is 275 g/mol. The molecule has 0 aliphatic rings. The maximum atomic E-state index is 5.46. The summed E-state index contributed by atoms with van der Waals surface area (Å²) in [6.45, 7) is 4.61. The van der Waals surface area contributed by atoms with Crippen molar-refractivity contribution in [2.75, 3.05) is 6.54 Å². The van der Waals surface area contributed by atoms with Gasteiger partial charge in [0.15, 0.2) is 0 Å². The predicted octanol–water partition coefficient (Wildman–Crippen LogP) is 5.62. The van der Waals surface area contributed by atoms with E-state index in [1.54, 1.807) is 0 Å². The topological polar surface area (TPSA) is 26.0 Å². The van der Waals surface area contributed by atoms with Crippen LogP contribution in [0.3, 0.4) is 0 Å². The fourth-order valence-corrected chi connectivity index (χ4v) is 2.20. The lowest BCUT2D eigenvalue weighted by molar-refractivity contribution is 0.542. The van der Waals surface area contributed by atoms with Gasteiger partial charge in [-0.1, -0.05) is 70.3 Å². The molecule has 0 radical (unpaired) electrons. The molecule has 0 bridgehead atoms. The van der Waals surface area contributed by atoms with E-state index in [1.165, 1.54) is 83.5 Å². The van der Waals surface area contributed by atoms with Gasteiger partial charge in [0, 0.05) is 0 Å². The molecule has 0 aromatic heterocycles. The average Bonchev–Trinajstić information content (AvgIpc) is 2.35. The second-order valence-corrected chi connectivity index (χ2v) is 5.11. The number of nitrogens with two attached hydrogens (primary N) is 1. The Morgan fingerprint density at radius 1 is 0.611 bits per heavy atom. The zero-order chi connectivity index (χ0) is 12.6. The summed E-state index contributed by atoms with van der Waals surface area (Å²) in [5.41, 5.74) is 5.46. The summed E-state index contributed by atoms with van der Waals surface area (Å²) in [5.74, 6) is 0. The highest BCUT2D eigenvalue weighted by molar-refractivity contribution is 5.85. The van der Waals surface area contributed by atoms with Crippen LogP contribution in [0.5, 0.6) is 0 Å². The standard InChI is InChI=1S/C16H33N.ClH/c1-2-3-4-5-6-7-8-9-10-11-12-13-14-15-16-17;/h2H,1,3-17H2;1H. The molecule has 0 unspecified atom stereocenters. The van der Waals surface area contributed by atoms with Crippen molar-refractivity contribution in [3.8, 4) is 0 Å². The van der Waals surface area contributed by atoms with E-state index in [1.807, 2.05) is 6.08 Å². The minimum atomic E-state index is 0. The molecular formula is C16H34ClN. The second kappa shape index (κ2) is 19.3. The first-order chi connectivity index (χ1) is 8.41. The first-order valence-electron chi connectivity index (χ1n) is 7.72. The summed E-state index contributed by atoms with van der Waals surface area (Å²) in [7, 11) is 0. The van der Waals surface area contributed by atoms with Crippen LogP contribution in [0.15, 0.2) is 12.7 Å². The number of allylic oxidation sites excluding steroid dienone is 1. The second-order valence-electron chi connectivity index (χ2n) is 5.11. The summed E-state index contributed by atoms with van der Waals surface area (Å²) in [6, 6.07) is 0. The molecular weight excluding hydrogens is 242 g/mol. The number of hydrogen-bond donors (Lipinski definition) is 1. The molecule has 0 atom stereocenters. The van der Waals surface area contributed by atoms with Gasteiger partial charge in [0.2, 0.25) is 0 Å². The normalized spacial score (nSPS) is 10.1. The smallest absolute Gasteiger partial charge is 0.00773 e. The largest absolute Gasteiger partial charge is 0.330 e. The Morgan fingerprint density at radius 3 is 1.28 bits per heavy atom. The molecule has 0 aliphatic heterocycles. The molecule has 0 rings (SSSR count). The van der Waals surface area contributed by atoms with E-state index in [0.717, 1.165) is 6.54 Å². The third-order valence-corrected chi connectivity index (χ3v) is 3.36. The summed E-state index contributed by atoms with van der Waals surface area (Å²) < 4.78 is 0. The van der Waals surface area contributed by atoms with Crippen molar-refractivity contribution in [1.29, 1.82) is 0 Å². The van der Waals surface area contributed by atoms with Crippen LogP contribution in [-0.4, -0.2) is 6.54 Å². The molecule has 0 amide bonds. The van der Waals surface area contributed by atoms with Crippen molar-refractivity contribution in [2.45, 2.75) is 83.5 Å². The van der Waals surface area contributed by atoms with Crippen LogP contribution in [0.25, 0.3) is 0 Å². The minimum Gasteiger partial charge on any atom is -0.330 e. The molecule has 0 aromatic carbocycles. The fourth-order valence-electron chi connectivity index (χ4n) is 2.20. The predicted molar refractivity (Wildman–Crippen MR) is 86.5 cm³/mol. The molecule has 1 nitrogen and oxygen atoms in total. The van der Waals surface area contributed by atoms with E-state index in [0.29, 0.717) is 0 Å². The SMILES string of the molecule is C=CCCCCCCCCCCCCCCN.Cl. The van der Waals surface area contributed by atoms with Gasteiger partial charge in [-0.3, -0.25) is 0 Å². The third-order valence-electron chi connectivity index (χ3n) is 3.36. The van der Waals surface area contributed by atoms with Crippen LogP contribution in [-0.2, 0) is 0 Å². The van der Waals surface area contributed by atoms with Crippen LogP contribution in [0.1, 0.15) is 83.5 Å². The third kappa shape index (κ3) is 18.4. The Balaban J connectivity index is 0. The Kier molecular flexibility index (Phi) is 21.8. The molecule has 0 saturated carbocycles. The van der Waals surface area contributed by atoms with Gasteiger partial charge in [-0.25, -0.2) is 0 Å². The van der Waals surface area contributed by atoms with Crippen molar-refractivity contribution < 1.29 is 0 Å². The molecule has 0 spiro atoms.